The maximum atomic E-state index is 12.4. The Morgan fingerprint density at radius 3 is 2.78 bits per heavy atom. The molecule has 4 heteroatoms. The van der Waals surface area contributed by atoms with Crippen molar-refractivity contribution >= 4 is 17.5 Å². The van der Waals surface area contributed by atoms with Crippen LogP contribution in [0.2, 0.25) is 5.02 Å². The zero-order valence-electron chi connectivity index (χ0n) is 10.7. The van der Waals surface area contributed by atoms with Gasteiger partial charge in [-0.2, -0.15) is 0 Å². The molecule has 2 unspecified atom stereocenters. The van der Waals surface area contributed by atoms with Gasteiger partial charge >= 0.3 is 0 Å². The summed E-state index contributed by atoms with van der Waals surface area (Å²) in [6.07, 6.45) is 2.08. The SMILES string of the molecule is CC1CCN(C(=O)c2ccc(O)c(Cl)c2)C(C)C1. The zero-order chi connectivity index (χ0) is 13.3. The van der Waals surface area contributed by atoms with Crippen LogP contribution in [0.15, 0.2) is 18.2 Å². The summed E-state index contributed by atoms with van der Waals surface area (Å²) in [6.45, 7) is 5.09. The van der Waals surface area contributed by atoms with E-state index in [4.69, 9.17) is 11.6 Å². The molecule has 2 atom stereocenters. The number of aromatic hydroxyl groups is 1. The molecule has 1 aliphatic heterocycles. The van der Waals surface area contributed by atoms with Gasteiger partial charge in [0, 0.05) is 18.2 Å². The molecule has 1 aromatic rings. The second-order valence-corrected chi connectivity index (χ2v) is 5.55. The Hall–Kier alpha value is -1.22. The van der Waals surface area contributed by atoms with Crippen molar-refractivity contribution in [3.63, 3.8) is 0 Å². The number of carbonyl (C=O) groups excluding carboxylic acids is 1. The summed E-state index contributed by atoms with van der Waals surface area (Å²) in [7, 11) is 0. The van der Waals surface area contributed by atoms with E-state index in [-0.39, 0.29) is 22.7 Å². The van der Waals surface area contributed by atoms with Crippen molar-refractivity contribution in [2.45, 2.75) is 32.7 Å². The molecule has 1 fully saturated rings. The van der Waals surface area contributed by atoms with Crippen LogP contribution in [0.4, 0.5) is 0 Å². The maximum absolute atomic E-state index is 12.4. The van der Waals surface area contributed by atoms with Gasteiger partial charge in [0.1, 0.15) is 5.75 Å². The molecule has 3 nitrogen and oxygen atoms in total. The number of likely N-dealkylation sites (tertiary alicyclic amines) is 1. The highest BCUT2D eigenvalue weighted by molar-refractivity contribution is 6.32. The lowest BCUT2D eigenvalue weighted by Gasteiger charge is -2.36. The van der Waals surface area contributed by atoms with Crippen LogP contribution >= 0.6 is 11.6 Å². The highest BCUT2D eigenvalue weighted by atomic mass is 35.5. The molecule has 0 aromatic heterocycles. The average Bonchev–Trinajstić information content (AvgIpc) is 2.32. The summed E-state index contributed by atoms with van der Waals surface area (Å²) in [5.74, 6) is 0.678. The summed E-state index contributed by atoms with van der Waals surface area (Å²) < 4.78 is 0. The highest BCUT2D eigenvalue weighted by Gasteiger charge is 2.27. The summed E-state index contributed by atoms with van der Waals surface area (Å²) in [5, 5.41) is 9.59. The van der Waals surface area contributed by atoms with Crippen molar-refractivity contribution in [2.75, 3.05) is 6.54 Å². The third-order valence-corrected chi connectivity index (χ3v) is 3.90. The Morgan fingerprint density at radius 1 is 1.44 bits per heavy atom. The molecule has 1 aliphatic rings. The fourth-order valence-corrected chi connectivity index (χ4v) is 2.70. The number of hydrogen-bond acceptors (Lipinski definition) is 2. The Balaban J connectivity index is 2.18. The van der Waals surface area contributed by atoms with Crippen LogP contribution < -0.4 is 0 Å². The maximum Gasteiger partial charge on any atom is 0.254 e. The third-order valence-electron chi connectivity index (χ3n) is 3.59. The average molecular weight is 268 g/mol. The molecule has 98 valence electrons. The first-order valence-corrected chi connectivity index (χ1v) is 6.66. The van der Waals surface area contributed by atoms with Crippen LogP contribution in [0.3, 0.4) is 0 Å². The van der Waals surface area contributed by atoms with E-state index in [1.165, 1.54) is 12.1 Å². The van der Waals surface area contributed by atoms with Crippen LogP contribution in [0.1, 0.15) is 37.0 Å². The number of phenols is 1. The van der Waals surface area contributed by atoms with Crippen molar-refractivity contribution in [3.05, 3.63) is 28.8 Å². The van der Waals surface area contributed by atoms with Crippen LogP contribution in [0, 0.1) is 5.92 Å². The molecule has 1 N–H and O–H groups in total. The predicted octanol–water partition coefficient (Wildman–Crippen LogP) is 3.31. The molecule has 2 rings (SSSR count). The van der Waals surface area contributed by atoms with E-state index in [0.717, 1.165) is 19.4 Å². The first kappa shape index (κ1) is 13.2. The molecule has 1 saturated heterocycles. The van der Waals surface area contributed by atoms with Gasteiger partial charge in [-0.3, -0.25) is 4.79 Å². The van der Waals surface area contributed by atoms with Gasteiger partial charge in [-0.25, -0.2) is 0 Å². The second-order valence-electron chi connectivity index (χ2n) is 5.14. The van der Waals surface area contributed by atoms with Gasteiger partial charge < -0.3 is 10.0 Å². The Bertz CT molecular complexity index is 461. The molecular weight excluding hydrogens is 250 g/mol. The number of benzene rings is 1. The van der Waals surface area contributed by atoms with Crippen molar-refractivity contribution in [1.82, 2.24) is 4.90 Å². The van der Waals surface area contributed by atoms with Crippen LogP contribution in [-0.4, -0.2) is 28.5 Å². The molecule has 0 bridgehead atoms. The molecule has 18 heavy (non-hydrogen) atoms. The monoisotopic (exact) mass is 267 g/mol. The van der Waals surface area contributed by atoms with Gasteiger partial charge in [-0.05, 0) is 43.9 Å². The van der Waals surface area contributed by atoms with Gasteiger partial charge in [0.2, 0.25) is 0 Å². The minimum atomic E-state index is -0.00343. The minimum Gasteiger partial charge on any atom is -0.506 e. The zero-order valence-corrected chi connectivity index (χ0v) is 11.4. The van der Waals surface area contributed by atoms with E-state index >= 15 is 0 Å². The largest absolute Gasteiger partial charge is 0.506 e. The number of amides is 1. The normalized spacial score (nSPS) is 24.1. The number of carbonyl (C=O) groups is 1. The van der Waals surface area contributed by atoms with Crippen LogP contribution in [-0.2, 0) is 0 Å². The number of rotatable bonds is 1. The second kappa shape index (κ2) is 5.19. The Morgan fingerprint density at radius 2 is 2.17 bits per heavy atom. The van der Waals surface area contributed by atoms with Crippen molar-refractivity contribution in [1.29, 1.82) is 0 Å². The molecule has 0 spiro atoms. The lowest BCUT2D eigenvalue weighted by atomic mass is 9.93. The van der Waals surface area contributed by atoms with E-state index in [0.29, 0.717) is 11.5 Å². The fourth-order valence-electron chi connectivity index (χ4n) is 2.51. The highest BCUT2D eigenvalue weighted by Crippen LogP contribution is 2.27. The number of nitrogens with zero attached hydrogens (tertiary/aromatic N) is 1. The number of piperidine rings is 1. The molecule has 1 aromatic carbocycles. The van der Waals surface area contributed by atoms with Gasteiger partial charge in [0.15, 0.2) is 0 Å². The summed E-state index contributed by atoms with van der Waals surface area (Å²) in [6, 6.07) is 4.87. The van der Waals surface area contributed by atoms with Gasteiger partial charge in [0.05, 0.1) is 5.02 Å². The molecular formula is C14H18ClNO2. The van der Waals surface area contributed by atoms with Crippen molar-refractivity contribution in [3.8, 4) is 5.75 Å². The topological polar surface area (TPSA) is 40.5 Å². The van der Waals surface area contributed by atoms with E-state index in [1.807, 2.05) is 4.90 Å². The van der Waals surface area contributed by atoms with Gasteiger partial charge in [0.25, 0.3) is 5.91 Å². The smallest absolute Gasteiger partial charge is 0.254 e. The van der Waals surface area contributed by atoms with Crippen molar-refractivity contribution in [2.24, 2.45) is 5.92 Å². The number of halogens is 1. The molecule has 1 amide bonds. The first-order chi connectivity index (χ1) is 8.49. The van der Waals surface area contributed by atoms with E-state index < -0.39 is 0 Å². The molecule has 1 heterocycles. The standard InChI is InChI=1S/C14H18ClNO2/c1-9-5-6-16(10(2)7-9)14(18)11-3-4-13(17)12(15)8-11/h3-4,8-10,17H,5-7H2,1-2H3. The third kappa shape index (κ3) is 2.61. The van der Waals surface area contributed by atoms with E-state index in [2.05, 4.69) is 13.8 Å². The lowest BCUT2D eigenvalue weighted by molar-refractivity contribution is 0.0588. The fraction of sp³-hybridized carbons (Fsp3) is 0.500. The first-order valence-electron chi connectivity index (χ1n) is 6.28. The number of phenolic OH excluding ortho intramolecular Hbond substituents is 1. The van der Waals surface area contributed by atoms with Crippen molar-refractivity contribution < 1.29 is 9.90 Å². The molecule has 0 aliphatic carbocycles. The minimum absolute atomic E-state index is 0.00343. The Kier molecular flexibility index (Phi) is 3.81. The Labute approximate surface area is 112 Å². The van der Waals surface area contributed by atoms with E-state index in [1.54, 1.807) is 6.07 Å². The lowest BCUT2D eigenvalue weighted by Crippen LogP contribution is -2.44. The number of hydrogen-bond donors (Lipinski definition) is 1. The summed E-state index contributed by atoms with van der Waals surface area (Å²) >= 11 is 5.84. The summed E-state index contributed by atoms with van der Waals surface area (Å²) in [4.78, 5) is 14.3. The summed E-state index contributed by atoms with van der Waals surface area (Å²) in [5.41, 5.74) is 0.541. The quantitative estimate of drug-likeness (QED) is 0.848. The molecule has 0 radical (unpaired) electrons. The van der Waals surface area contributed by atoms with Crippen LogP contribution in [0.5, 0.6) is 5.75 Å². The van der Waals surface area contributed by atoms with E-state index in [9.17, 15) is 9.90 Å². The predicted molar refractivity (Wildman–Crippen MR) is 72.0 cm³/mol. The molecule has 0 saturated carbocycles. The van der Waals surface area contributed by atoms with Gasteiger partial charge in [-0.15, -0.1) is 0 Å². The van der Waals surface area contributed by atoms with Gasteiger partial charge in [-0.1, -0.05) is 18.5 Å². The van der Waals surface area contributed by atoms with Crippen LogP contribution in [0.25, 0.3) is 0 Å².